The van der Waals surface area contributed by atoms with E-state index < -0.39 is 0 Å². The van der Waals surface area contributed by atoms with Crippen molar-refractivity contribution in [3.63, 3.8) is 0 Å². The molecule has 1 rings (SSSR count). The van der Waals surface area contributed by atoms with Gasteiger partial charge in [0, 0.05) is 9.92 Å². The van der Waals surface area contributed by atoms with Crippen molar-refractivity contribution in [1.29, 1.82) is 0 Å². The van der Waals surface area contributed by atoms with Crippen LogP contribution < -0.4 is 0 Å². The molecule has 0 bridgehead atoms. The highest BCUT2D eigenvalue weighted by molar-refractivity contribution is 7.80. The van der Waals surface area contributed by atoms with Gasteiger partial charge in [-0.1, -0.05) is 45.0 Å². The van der Waals surface area contributed by atoms with Crippen LogP contribution in [-0.4, -0.2) is 0 Å². The number of benzene rings is 1. The van der Waals surface area contributed by atoms with Gasteiger partial charge in [-0.15, -0.1) is 0 Å². The van der Waals surface area contributed by atoms with Crippen molar-refractivity contribution in [2.24, 2.45) is 0 Å². The number of rotatable bonds is 0. The van der Waals surface area contributed by atoms with Crippen LogP contribution in [0.25, 0.3) is 0 Å². The molecule has 1 aromatic rings. The van der Waals surface area contributed by atoms with Crippen LogP contribution in [0.15, 0.2) is 11.0 Å². The third-order valence-corrected chi connectivity index (χ3v) is 3.49. The van der Waals surface area contributed by atoms with Gasteiger partial charge < -0.3 is 0 Å². The maximum atomic E-state index is 6.31. The quantitative estimate of drug-likeness (QED) is 0.610. The predicted molar refractivity (Wildman–Crippen MR) is 73.0 cm³/mol. The van der Waals surface area contributed by atoms with Gasteiger partial charge in [-0.05, 0) is 42.0 Å². The summed E-state index contributed by atoms with van der Waals surface area (Å²) in [4.78, 5) is 0.914. The average Bonchev–Trinajstić information content (AvgIpc) is 2.06. The third kappa shape index (κ3) is 4.36. The van der Waals surface area contributed by atoms with Crippen molar-refractivity contribution >= 4 is 24.2 Å². The van der Waals surface area contributed by atoms with Gasteiger partial charge in [0.1, 0.15) is 0 Å². The summed E-state index contributed by atoms with van der Waals surface area (Å²) in [6, 6.07) is 2.03. The van der Waals surface area contributed by atoms with Crippen LogP contribution in [0.1, 0.15) is 37.5 Å². The van der Waals surface area contributed by atoms with Gasteiger partial charge in [0.15, 0.2) is 0 Å². The second kappa shape index (κ2) is 7.07. The van der Waals surface area contributed by atoms with E-state index in [1.54, 1.807) is 0 Å². The van der Waals surface area contributed by atoms with Gasteiger partial charge in [-0.2, -0.15) is 0 Å². The Morgan fingerprint density at radius 3 is 1.76 bits per heavy atom. The minimum absolute atomic E-state index is 0. The molecule has 0 atom stereocenters. The van der Waals surface area contributed by atoms with E-state index in [9.17, 15) is 0 Å². The number of hydrogen-bond acceptors (Lipinski definition) is 0. The summed E-state index contributed by atoms with van der Waals surface area (Å²) in [5.41, 5.74) is 3.44. The zero-order valence-electron chi connectivity index (χ0n) is 10.6. The summed E-state index contributed by atoms with van der Waals surface area (Å²) < 4.78 is 0. The molecule has 5 heteroatoms. The Balaban J connectivity index is -0.000000653. The molecule has 0 saturated heterocycles. The molecule has 0 amide bonds. The van der Waals surface area contributed by atoms with E-state index in [-0.39, 0.29) is 19.5 Å². The number of hydrogen-bond donors (Lipinski definition) is 0. The first-order valence-corrected chi connectivity index (χ1v) is 5.51. The second-order valence-corrected chi connectivity index (χ2v) is 5.55. The van der Waals surface area contributed by atoms with E-state index >= 15 is 0 Å². The molecule has 0 fully saturated rings. The monoisotopic (exact) mass is 287 g/mol. The highest BCUT2D eigenvalue weighted by Crippen LogP contribution is 2.35. The van der Waals surface area contributed by atoms with Crippen molar-refractivity contribution in [3.8, 4) is 0 Å². The minimum atomic E-state index is 0. The summed E-state index contributed by atoms with van der Waals surface area (Å²) in [5.74, 6) is 0. The SMILES string of the molecule is Cc1c([S])cc(C(C)(C)C)c(Cl)c1C.F.F.F. The zero-order valence-corrected chi connectivity index (χ0v) is 12.2. The highest BCUT2D eigenvalue weighted by Gasteiger charge is 2.20. The Bertz CT molecular complexity index is 373. The van der Waals surface area contributed by atoms with E-state index in [1.165, 1.54) is 0 Å². The molecular formula is C12H19ClF3S. The Morgan fingerprint density at radius 1 is 1.00 bits per heavy atom. The van der Waals surface area contributed by atoms with Gasteiger partial charge in [-0.25, -0.2) is 0 Å². The molecule has 1 radical (unpaired) electrons. The van der Waals surface area contributed by atoms with E-state index in [2.05, 4.69) is 20.8 Å². The molecule has 0 aliphatic heterocycles. The van der Waals surface area contributed by atoms with Crippen molar-refractivity contribution < 1.29 is 14.1 Å². The molecule has 0 spiro atoms. The first-order valence-electron chi connectivity index (χ1n) is 4.72. The largest absolute Gasteiger partial charge is 0.269 e. The van der Waals surface area contributed by atoms with E-state index in [4.69, 9.17) is 24.2 Å². The molecule has 101 valence electrons. The topological polar surface area (TPSA) is 0 Å². The summed E-state index contributed by atoms with van der Waals surface area (Å²) in [6.45, 7) is 10.5. The van der Waals surface area contributed by atoms with Crippen molar-refractivity contribution in [2.45, 2.75) is 44.9 Å². The summed E-state index contributed by atoms with van der Waals surface area (Å²) in [7, 11) is 0. The highest BCUT2D eigenvalue weighted by atomic mass is 35.5. The molecule has 0 aliphatic rings. The number of halogens is 4. The van der Waals surface area contributed by atoms with Crippen LogP contribution in [0.2, 0.25) is 5.02 Å². The van der Waals surface area contributed by atoms with Crippen LogP contribution in [0, 0.1) is 13.8 Å². The summed E-state index contributed by atoms with van der Waals surface area (Å²) >= 11 is 11.6. The fourth-order valence-electron chi connectivity index (χ4n) is 1.40. The Morgan fingerprint density at radius 2 is 1.41 bits per heavy atom. The fraction of sp³-hybridized carbons (Fsp3) is 0.500. The molecule has 0 nitrogen and oxygen atoms in total. The average molecular weight is 288 g/mol. The molecular weight excluding hydrogens is 269 g/mol. The Labute approximate surface area is 111 Å². The van der Waals surface area contributed by atoms with Crippen LogP contribution in [0.3, 0.4) is 0 Å². The molecule has 0 heterocycles. The summed E-state index contributed by atoms with van der Waals surface area (Å²) in [5, 5.41) is 0.864. The van der Waals surface area contributed by atoms with Gasteiger partial charge >= 0.3 is 0 Å². The smallest absolute Gasteiger partial charge is 0.0476 e. The maximum absolute atomic E-state index is 6.31. The zero-order chi connectivity index (χ0) is 11.1. The molecule has 1 aromatic carbocycles. The van der Waals surface area contributed by atoms with Crippen molar-refractivity contribution in [3.05, 3.63) is 27.8 Å². The van der Waals surface area contributed by atoms with E-state index in [0.29, 0.717) is 0 Å². The lowest BCUT2D eigenvalue weighted by atomic mass is 9.85. The molecule has 0 N–H and O–H groups in total. The van der Waals surface area contributed by atoms with Crippen LogP contribution >= 0.6 is 24.2 Å². The van der Waals surface area contributed by atoms with Crippen molar-refractivity contribution in [2.75, 3.05) is 0 Å². The van der Waals surface area contributed by atoms with E-state index in [1.807, 2.05) is 19.9 Å². The minimum Gasteiger partial charge on any atom is -0.269 e. The first-order chi connectivity index (χ1) is 6.25. The molecule has 0 aromatic heterocycles. The lowest BCUT2D eigenvalue weighted by molar-refractivity contribution is 0.588. The molecule has 0 aliphatic carbocycles. The van der Waals surface area contributed by atoms with Crippen LogP contribution in [0.4, 0.5) is 14.1 Å². The van der Waals surface area contributed by atoms with Crippen molar-refractivity contribution in [1.82, 2.24) is 0 Å². The normalized spacial score (nSPS) is 9.76. The fourth-order valence-corrected chi connectivity index (χ4v) is 2.15. The second-order valence-electron chi connectivity index (χ2n) is 4.74. The maximum Gasteiger partial charge on any atom is 0.0476 e. The van der Waals surface area contributed by atoms with E-state index in [0.717, 1.165) is 26.6 Å². The molecule has 0 saturated carbocycles. The van der Waals surface area contributed by atoms with Crippen LogP contribution in [0.5, 0.6) is 0 Å². The van der Waals surface area contributed by atoms with Gasteiger partial charge in [0.2, 0.25) is 0 Å². The lowest BCUT2D eigenvalue weighted by Gasteiger charge is -2.23. The lowest BCUT2D eigenvalue weighted by Crippen LogP contribution is -2.13. The Kier molecular flexibility index (Phi) is 9.05. The van der Waals surface area contributed by atoms with Gasteiger partial charge in [-0.3, -0.25) is 14.1 Å². The third-order valence-electron chi connectivity index (χ3n) is 2.58. The van der Waals surface area contributed by atoms with Gasteiger partial charge in [0.05, 0.1) is 0 Å². The summed E-state index contributed by atoms with van der Waals surface area (Å²) in [6.07, 6.45) is 0. The van der Waals surface area contributed by atoms with Gasteiger partial charge in [0.25, 0.3) is 0 Å². The molecule has 0 unspecified atom stereocenters. The first kappa shape index (κ1) is 21.8. The molecule has 17 heavy (non-hydrogen) atoms. The Hall–Kier alpha value is -0.480. The van der Waals surface area contributed by atoms with Crippen LogP contribution in [-0.2, 0) is 5.41 Å². The predicted octanol–water partition coefficient (Wildman–Crippen LogP) is 5.27. The standard InChI is InChI=1S/C12H16ClS.3FH/c1-7-8(2)11(13)9(6-10(7)14)12(3,4)5;;;/h6H,1-5H3;3*1H.